The van der Waals surface area contributed by atoms with Gasteiger partial charge in [-0.05, 0) is 25.0 Å². The minimum Gasteiger partial charge on any atom is -0.374 e. The van der Waals surface area contributed by atoms with E-state index in [2.05, 4.69) is 0 Å². The van der Waals surface area contributed by atoms with E-state index in [1.165, 1.54) is 6.07 Å². The quantitative estimate of drug-likeness (QED) is 0.833. The van der Waals surface area contributed by atoms with Gasteiger partial charge in [-0.1, -0.05) is 25.0 Å². The molecule has 1 heterocycles. The van der Waals surface area contributed by atoms with Gasteiger partial charge in [-0.2, -0.15) is 0 Å². The van der Waals surface area contributed by atoms with Gasteiger partial charge in [0.05, 0.1) is 29.2 Å². The molecule has 1 aliphatic heterocycles. The first-order chi connectivity index (χ1) is 10.5. The van der Waals surface area contributed by atoms with Crippen molar-refractivity contribution >= 4 is 15.7 Å². The van der Waals surface area contributed by atoms with Gasteiger partial charge in [0.15, 0.2) is 9.84 Å². The van der Waals surface area contributed by atoms with Crippen molar-refractivity contribution in [2.75, 3.05) is 19.4 Å². The number of nitrogens with zero attached hydrogens (tertiary/aromatic N) is 1. The van der Waals surface area contributed by atoms with Crippen molar-refractivity contribution in [3.05, 3.63) is 29.8 Å². The minimum atomic E-state index is -3.43. The number of rotatable bonds is 2. The first kappa shape index (κ1) is 15.5. The third-order valence-corrected chi connectivity index (χ3v) is 5.66. The summed E-state index contributed by atoms with van der Waals surface area (Å²) in [6, 6.07) is 6.53. The summed E-state index contributed by atoms with van der Waals surface area (Å²) < 4.78 is 29.6. The highest BCUT2D eigenvalue weighted by atomic mass is 32.2. The molecule has 22 heavy (non-hydrogen) atoms. The van der Waals surface area contributed by atoms with Crippen LogP contribution in [0.25, 0.3) is 0 Å². The van der Waals surface area contributed by atoms with Gasteiger partial charge in [-0.25, -0.2) is 8.42 Å². The maximum atomic E-state index is 12.9. The zero-order valence-electron chi connectivity index (χ0n) is 12.7. The lowest BCUT2D eigenvalue weighted by atomic mass is 9.89. The van der Waals surface area contributed by atoms with E-state index in [9.17, 15) is 13.2 Å². The summed E-state index contributed by atoms with van der Waals surface area (Å²) in [7, 11) is -3.43. The Labute approximate surface area is 131 Å². The van der Waals surface area contributed by atoms with Crippen LogP contribution in [0.5, 0.6) is 0 Å². The van der Waals surface area contributed by atoms with E-state index in [1.54, 1.807) is 18.2 Å². The summed E-state index contributed by atoms with van der Waals surface area (Å²) in [5.74, 6) is -0.193. The summed E-state index contributed by atoms with van der Waals surface area (Å²) in [6.45, 7) is 1.05. The highest BCUT2D eigenvalue weighted by molar-refractivity contribution is 7.90. The maximum absolute atomic E-state index is 12.9. The lowest BCUT2D eigenvalue weighted by molar-refractivity contribution is -0.0753. The van der Waals surface area contributed by atoms with Gasteiger partial charge in [0, 0.05) is 12.8 Å². The van der Waals surface area contributed by atoms with Gasteiger partial charge in [0.2, 0.25) is 0 Å². The van der Waals surface area contributed by atoms with E-state index in [1.807, 2.05) is 4.90 Å². The Morgan fingerprint density at radius 2 is 1.95 bits per heavy atom. The van der Waals surface area contributed by atoms with Crippen LogP contribution in [-0.2, 0) is 14.6 Å². The molecule has 2 aliphatic rings. The number of amides is 1. The topological polar surface area (TPSA) is 63.7 Å². The Morgan fingerprint density at radius 1 is 1.23 bits per heavy atom. The normalized spacial score (nSPS) is 25.6. The molecule has 1 saturated carbocycles. The van der Waals surface area contributed by atoms with Gasteiger partial charge in [-0.3, -0.25) is 4.79 Å². The highest BCUT2D eigenvalue weighted by Gasteiger charge is 2.37. The third-order valence-electron chi connectivity index (χ3n) is 4.51. The standard InChI is InChI=1S/C16H21NO4S/c1-22(19,20)15-9-5-2-6-12(15)16(18)17-10-11-21-14-8-4-3-7-13(14)17/h2,5-6,9,13-14H,3-4,7-8,10-11H2,1H3. The van der Waals surface area contributed by atoms with Crippen LogP contribution in [0.1, 0.15) is 36.0 Å². The molecule has 1 saturated heterocycles. The number of hydrogen-bond acceptors (Lipinski definition) is 4. The Kier molecular flexibility index (Phi) is 4.23. The zero-order valence-corrected chi connectivity index (χ0v) is 13.5. The summed E-state index contributed by atoms with van der Waals surface area (Å²) in [6.07, 6.45) is 5.35. The molecule has 0 N–H and O–H groups in total. The number of sulfone groups is 1. The number of morpholine rings is 1. The molecular weight excluding hydrogens is 302 g/mol. The molecule has 0 radical (unpaired) electrons. The number of benzene rings is 1. The van der Waals surface area contributed by atoms with Crippen molar-refractivity contribution in [1.82, 2.24) is 4.90 Å². The third kappa shape index (κ3) is 2.90. The number of fused-ring (bicyclic) bond motifs is 1. The fourth-order valence-corrected chi connectivity index (χ4v) is 4.35. The van der Waals surface area contributed by atoms with Crippen molar-refractivity contribution in [2.24, 2.45) is 0 Å². The molecule has 0 spiro atoms. The Balaban J connectivity index is 1.94. The highest BCUT2D eigenvalue weighted by Crippen LogP contribution is 2.30. The lowest BCUT2D eigenvalue weighted by Crippen LogP contribution is -2.55. The predicted octanol–water partition coefficient (Wildman–Crippen LogP) is 1.87. The van der Waals surface area contributed by atoms with Crippen LogP contribution in [0.2, 0.25) is 0 Å². The number of ether oxygens (including phenoxy) is 1. The molecule has 2 fully saturated rings. The van der Waals surface area contributed by atoms with Crippen LogP contribution >= 0.6 is 0 Å². The average Bonchev–Trinajstić information content (AvgIpc) is 2.53. The summed E-state index contributed by atoms with van der Waals surface area (Å²) in [5, 5.41) is 0. The second kappa shape index (κ2) is 6.01. The molecule has 120 valence electrons. The van der Waals surface area contributed by atoms with Crippen molar-refractivity contribution < 1.29 is 17.9 Å². The average molecular weight is 323 g/mol. The molecule has 1 aromatic carbocycles. The van der Waals surface area contributed by atoms with Gasteiger partial charge in [0.25, 0.3) is 5.91 Å². The summed E-state index contributed by atoms with van der Waals surface area (Å²) in [4.78, 5) is 14.9. The van der Waals surface area contributed by atoms with E-state index < -0.39 is 9.84 Å². The first-order valence-electron chi connectivity index (χ1n) is 7.70. The number of carbonyl (C=O) groups is 1. The Bertz CT molecular complexity index is 668. The monoisotopic (exact) mass is 323 g/mol. The molecule has 1 aromatic rings. The minimum absolute atomic E-state index is 0.0719. The Hall–Kier alpha value is -1.40. The SMILES string of the molecule is CS(=O)(=O)c1ccccc1C(=O)N1CCOC2CCCCC21. The Morgan fingerprint density at radius 3 is 2.73 bits per heavy atom. The molecule has 5 nitrogen and oxygen atoms in total. The molecule has 2 atom stereocenters. The van der Waals surface area contributed by atoms with Crippen LogP contribution in [0, 0.1) is 0 Å². The van der Waals surface area contributed by atoms with Gasteiger partial charge >= 0.3 is 0 Å². The fourth-order valence-electron chi connectivity index (χ4n) is 3.47. The van der Waals surface area contributed by atoms with Crippen LogP contribution in [-0.4, -0.2) is 50.8 Å². The molecule has 2 unspecified atom stereocenters. The van der Waals surface area contributed by atoms with Gasteiger partial charge < -0.3 is 9.64 Å². The molecule has 1 aliphatic carbocycles. The van der Waals surface area contributed by atoms with Crippen molar-refractivity contribution in [3.63, 3.8) is 0 Å². The molecule has 0 bridgehead atoms. The molecule has 6 heteroatoms. The second-order valence-corrected chi connectivity index (χ2v) is 8.01. The molecular formula is C16H21NO4S. The van der Waals surface area contributed by atoms with Crippen LogP contribution in [0.4, 0.5) is 0 Å². The van der Waals surface area contributed by atoms with Crippen LogP contribution < -0.4 is 0 Å². The smallest absolute Gasteiger partial charge is 0.255 e. The van der Waals surface area contributed by atoms with Crippen molar-refractivity contribution in [2.45, 2.75) is 42.7 Å². The molecule has 3 rings (SSSR count). The van der Waals surface area contributed by atoms with Crippen LogP contribution in [0.3, 0.4) is 0 Å². The zero-order chi connectivity index (χ0) is 15.7. The van der Waals surface area contributed by atoms with Crippen molar-refractivity contribution in [3.8, 4) is 0 Å². The second-order valence-electron chi connectivity index (χ2n) is 6.03. The van der Waals surface area contributed by atoms with Crippen molar-refractivity contribution in [1.29, 1.82) is 0 Å². The van der Waals surface area contributed by atoms with E-state index in [4.69, 9.17) is 4.74 Å². The largest absolute Gasteiger partial charge is 0.374 e. The molecule has 1 amide bonds. The van der Waals surface area contributed by atoms with Crippen LogP contribution in [0.15, 0.2) is 29.2 Å². The lowest BCUT2D eigenvalue weighted by Gasteiger charge is -2.43. The maximum Gasteiger partial charge on any atom is 0.255 e. The van der Waals surface area contributed by atoms with E-state index in [0.717, 1.165) is 31.9 Å². The number of hydrogen-bond donors (Lipinski definition) is 0. The van der Waals surface area contributed by atoms with E-state index in [-0.39, 0.29) is 28.5 Å². The van der Waals surface area contributed by atoms with Gasteiger partial charge in [0.1, 0.15) is 0 Å². The molecule has 0 aromatic heterocycles. The van der Waals surface area contributed by atoms with E-state index in [0.29, 0.717) is 13.2 Å². The van der Waals surface area contributed by atoms with E-state index >= 15 is 0 Å². The number of carbonyl (C=O) groups excluding carboxylic acids is 1. The summed E-state index contributed by atoms with van der Waals surface area (Å²) in [5.41, 5.74) is 0.274. The van der Waals surface area contributed by atoms with Gasteiger partial charge in [-0.15, -0.1) is 0 Å². The fraction of sp³-hybridized carbons (Fsp3) is 0.562. The predicted molar refractivity (Wildman–Crippen MR) is 82.6 cm³/mol. The summed E-state index contributed by atoms with van der Waals surface area (Å²) >= 11 is 0. The first-order valence-corrected chi connectivity index (χ1v) is 9.59.